The number of hydrogen-bond acceptors (Lipinski definition) is 2. The molecule has 3 heteroatoms. The van der Waals surface area contributed by atoms with Crippen LogP contribution in [0.4, 0.5) is 5.69 Å². The van der Waals surface area contributed by atoms with Gasteiger partial charge in [0.2, 0.25) is 5.91 Å². The number of rotatable bonds is 2. The summed E-state index contributed by atoms with van der Waals surface area (Å²) < 4.78 is 0. The summed E-state index contributed by atoms with van der Waals surface area (Å²) in [6.45, 7) is 2.85. The number of aliphatic hydroxyl groups is 1. The van der Waals surface area contributed by atoms with E-state index in [9.17, 15) is 4.79 Å². The molecule has 0 unspecified atom stereocenters. The second-order valence-electron chi connectivity index (χ2n) is 4.44. The molecule has 1 heterocycles. The Bertz CT molecular complexity index is 511. The zero-order chi connectivity index (χ0) is 13.0. The summed E-state index contributed by atoms with van der Waals surface area (Å²) in [4.78, 5) is 13.6. The molecule has 1 aromatic carbocycles. The first-order valence-electron chi connectivity index (χ1n) is 6.23. The first kappa shape index (κ1) is 12.7. The Hall–Kier alpha value is -1.79. The zero-order valence-electron chi connectivity index (χ0n) is 10.6. The van der Waals surface area contributed by atoms with Gasteiger partial charge in [0.15, 0.2) is 0 Å². The van der Waals surface area contributed by atoms with Crippen LogP contribution in [0.25, 0.3) is 0 Å². The molecule has 1 aliphatic rings. The van der Waals surface area contributed by atoms with E-state index in [-0.39, 0.29) is 12.5 Å². The molecule has 1 amide bonds. The Balaban J connectivity index is 2.35. The smallest absolute Gasteiger partial charge is 0.227 e. The van der Waals surface area contributed by atoms with Crippen molar-refractivity contribution in [2.24, 2.45) is 0 Å². The molecule has 1 fully saturated rings. The zero-order valence-corrected chi connectivity index (χ0v) is 10.6. The monoisotopic (exact) mass is 243 g/mol. The molecule has 0 saturated carbocycles. The molecule has 0 bridgehead atoms. The molecule has 18 heavy (non-hydrogen) atoms. The average Bonchev–Trinajstić information content (AvgIpc) is 2.76. The molecule has 94 valence electrons. The van der Waals surface area contributed by atoms with Gasteiger partial charge in [-0.1, -0.05) is 17.9 Å². The highest BCUT2D eigenvalue weighted by molar-refractivity contribution is 5.96. The van der Waals surface area contributed by atoms with Gasteiger partial charge in [0.25, 0.3) is 0 Å². The van der Waals surface area contributed by atoms with E-state index in [2.05, 4.69) is 11.8 Å². The normalized spacial score (nSPS) is 14.6. The van der Waals surface area contributed by atoms with E-state index in [0.29, 0.717) is 12.8 Å². The molecule has 0 aromatic heterocycles. The van der Waals surface area contributed by atoms with Crippen LogP contribution in [0.15, 0.2) is 18.2 Å². The molecule has 0 aliphatic carbocycles. The molecular formula is C15H17NO2. The van der Waals surface area contributed by atoms with Gasteiger partial charge >= 0.3 is 0 Å². The Morgan fingerprint density at radius 2 is 2.28 bits per heavy atom. The second-order valence-corrected chi connectivity index (χ2v) is 4.44. The molecule has 2 rings (SSSR count). The minimum atomic E-state index is 0.0663. The number of aliphatic hydroxyl groups excluding tert-OH is 1. The number of aryl methyl sites for hydroxylation is 1. The van der Waals surface area contributed by atoms with Crippen molar-refractivity contribution in [3.05, 3.63) is 29.3 Å². The predicted octanol–water partition coefficient (Wildman–Crippen LogP) is 1.86. The highest BCUT2D eigenvalue weighted by Crippen LogP contribution is 2.25. The Labute approximate surface area is 107 Å². The van der Waals surface area contributed by atoms with E-state index in [1.54, 1.807) is 0 Å². The minimum Gasteiger partial charge on any atom is -0.395 e. The van der Waals surface area contributed by atoms with Crippen molar-refractivity contribution in [1.29, 1.82) is 0 Å². The summed E-state index contributed by atoms with van der Waals surface area (Å²) >= 11 is 0. The van der Waals surface area contributed by atoms with Crippen LogP contribution in [0, 0.1) is 18.8 Å². The summed E-state index contributed by atoms with van der Waals surface area (Å²) in [5.41, 5.74) is 2.89. The van der Waals surface area contributed by atoms with Crippen LogP contribution < -0.4 is 4.90 Å². The van der Waals surface area contributed by atoms with Gasteiger partial charge in [-0.25, -0.2) is 0 Å². The third-order valence-electron chi connectivity index (χ3n) is 2.98. The Kier molecular flexibility index (Phi) is 4.01. The van der Waals surface area contributed by atoms with Crippen molar-refractivity contribution >= 4 is 11.6 Å². The number of amides is 1. The van der Waals surface area contributed by atoms with Gasteiger partial charge < -0.3 is 10.0 Å². The van der Waals surface area contributed by atoms with Crippen LogP contribution in [0.1, 0.15) is 30.4 Å². The fraction of sp³-hybridized carbons (Fsp3) is 0.400. The van der Waals surface area contributed by atoms with E-state index in [0.717, 1.165) is 29.8 Å². The minimum absolute atomic E-state index is 0.0663. The van der Waals surface area contributed by atoms with Crippen LogP contribution in [-0.4, -0.2) is 24.2 Å². The van der Waals surface area contributed by atoms with Crippen LogP contribution in [0.5, 0.6) is 0 Å². The lowest BCUT2D eigenvalue weighted by molar-refractivity contribution is -0.117. The second kappa shape index (κ2) is 5.70. The SMILES string of the molecule is Cc1ccc(N2CCCC2=O)c(C#CCCO)c1. The molecule has 0 radical (unpaired) electrons. The third-order valence-corrected chi connectivity index (χ3v) is 2.98. The average molecular weight is 243 g/mol. The molecule has 1 aromatic rings. The van der Waals surface area contributed by atoms with Gasteiger partial charge in [-0.2, -0.15) is 0 Å². The van der Waals surface area contributed by atoms with Gasteiger partial charge in [0, 0.05) is 24.9 Å². The van der Waals surface area contributed by atoms with Crippen molar-refractivity contribution in [2.75, 3.05) is 18.1 Å². The van der Waals surface area contributed by atoms with E-state index in [4.69, 9.17) is 5.11 Å². The van der Waals surface area contributed by atoms with E-state index in [1.165, 1.54) is 0 Å². The predicted molar refractivity (Wildman–Crippen MR) is 71.3 cm³/mol. The van der Waals surface area contributed by atoms with Crippen molar-refractivity contribution in [2.45, 2.75) is 26.2 Å². The van der Waals surface area contributed by atoms with Crippen LogP contribution in [0.3, 0.4) is 0 Å². The Morgan fingerprint density at radius 3 is 2.94 bits per heavy atom. The standard InChI is InChI=1S/C15H17NO2/c1-12-7-8-14(16-9-4-6-15(16)18)13(11-12)5-2-3-10-17/h7-8,11,17H,3-4,6,9-10H2,1H3. The molecular weight excluding hydrogens is 226 g/mol. The van der Waals surface area contributed by atoms with Gasteiger partial charge in [0.1, 0.15) is 0 Å². The summed E-state index contributed by atoms with van der Waals surface area (Å²) in [5, 5.41) is 8.75. The first-order chi connectivity index (χ1) is 8.72. The first-order valence-corrected chi connectivity index (χ1v) is 6.23. The summed E-state index contributed by atoms with van der Waals surface area (Å²) in [7, 11) is 0. The quantitative estimate of drug-likeness (QED) is 0.805. The number of carbonyl (C=O) groups is 1. The number of anilines is 1. The summed E-state index contributed by atoms with van der Waals surface area (Å²) in [5.74, 6) is 6.14. The van der Waals surface area contributed by atoms with Crippen molar-refractivity contribution < 1.29 is 9.90 Å². The molecule has 0 spiro atoms. The maximum Gasteiger partial charge on any atom is 0.227 e. The molecule has 1 N–H and O–H groups in total. The largest absolute Gasteiger partial charge is 0.395 e. The number of nitrogens with zero attached hydrogens (tertiary/aromatic N) is 1. The maximum absolute atomic E-state index is 11.8. The van der Waals surface area contributed by atoms with Gasteiger partial charge in [-0.3, -0.25) is 4.79 Å². The lowest BCUT2D eigenvalue weighted by atomic mass is 10.1. The maximum atomic E-state index is 11.8. The highest BCUT2D eigenvalue weighted by atomic mass is 16.2. The lowest BCUT2D eigenvalue weighted by Crippen LogP contribution is -2.24. The van der Waals surface area contributed by atoms with Gasteiger partial charge in [-0.15, -0.1) is 0 Å². The van der Waals surface area contributed by atoms with Crippen molar-refractivity contribution in [3.8, 4) is 11.8 Å². The van der Waals surface area contributed by atoms with Gasteiger partial charge in [-0.05, 0) is 31.0 Å². The third kappa shape index (κ3) is 2.72. The van der Waals surface area contributed by atoms with Crippen molar-refractivity contribution in [1.82, 2.24) is 0 Å². The van der Waals surface area contributed by atoms with Gasteiger partial charge in [0.05, 0.1) is 12.3 Å². The van der Waals surface area contributed by atoms with Crippen LogP contribution >= 0.6 is 0 Å². The molecule has 1 aliphatic heterocycles. The van der Waals surface area contributed by atoms with Crippen molar-refractivity contribution in [3.63, 3.8) is 0 Å². The summed E-state index contributed by atoms with van der Waals surface area (Å²) in [6.07, 6.45) is 1.99. The Morgan fingerprint density at radius 1 is 1.44 bits per heavy atom. The fourth-order valence-electron chi connectivity index (χ4n) is 2.10. The van der Waals surface area contributed by atoms with E-state index >= 15 is 0 Å². The topological polar surface area (TPSA) is 40.5 Å². The number of carbonyl (C=O) groups excluding carboxylic acids is 1. The summed E-state index contributed by atoms with van der Waals surface area (Å²) in [6, 6.07) is 5.95. The molecule has 3 nitrogen and oxygen atoms in total. The van der Waals surface area contributed by atoms with E-state index in [1.807, 2.05) is 30.0 Å². The fourth-order valence-corrected chi connectivity index (χ4v) is 2.10. The van der Waals surface area contributed by atoms with Crippen LogP contribution in [-0.2, 0) is 4.79 Å². The molecule has 0 atom stereocenters. The van der Waals surface area contributed by atoms with E-state index < -0.39 is 0 Å². The highest BCUT2D eigenvalue weighted by Gasteiger charge is 2.23. The van der Waals surface area contributed by atoms with Crippen LogP contribution in [0.2, 0.25) is 0 Å². The number of benzene rings is 1. The molecule has 1 saturated heterocycles. The lowest BCUT2D eigenvalue weighted by Gasteiger charge is -2.17. The number of hydrogen-bond donors (Lipinski definition) is 1.